The third-order valence-corrected chi connectivity index (χ3v) is 5.24. The van der Waals surface area contributed by atoms with Gasteiger partial charge >= 0.3 is 0 Å². The molecular weight excluding hydrogens is 334 g/mol. The molecule has 4 rings (SSSR count). The highest BCUT2D eigenvalue weighted by Crippen LogP contribution is 2.21. The predicted molar refractivity (Wildman–Crippen MR) is 99.0 cm³/mol. The first-order chi connectivity index (χ1) is 12.2. The van der Waals surface area contributed by atoms with Crippen LogP contribution in [-0.4, -0.2) is 52.2 Å². The molecule has 3 heterocycles. The number of rotatable bonds is 3. The average Bonchev–Trinajstić information content (AvgIpc) is 3.34. The summed E-state index contributed by atoms with van der Waals surface area (Å²) in [5.41, 5.74) is 3.55. The first kappa shape index (κ1) is 15.8. The van der Waals surface area contributed by atoms with Gasteiger partial charge in [0.1, 0.15) is 5.69 Å². The highest BCUT2D eigenvalue weighted by atomic mass is 32.1. The summed E-state index contributed by atoms with van der Waals surface area (Å²) in [5, 5.41) is 10.2. The van der Waals surface area contributed by atoms with Gasteiger partial charge in [0.25, 0.3) is 5.91 Å². The number of carbonyl (C=O) groups is 1. The number of thiazole rings is 1. The summed E-state index contributed by atoms with van der Waals surface area (Å²) < 4.78 is 0. The Hall–Kier alpha value is -2.67. The number of benzene rings is 1. The monoisotopic (exact) mass is 353 g/mol. The van der Waals surface area contributed by atoms with E-state index in [9.17, 15) is 4.79 Å². The molecule has 1 aliphatic heterocycles. The Balaban J connectivity index is 1.43. The van der Waals surface area contributed by atoms with E-state index in [0.29, 0.717) is 18.8 Å². The third-order valence-electron chi connectivity index (χ3n) is 4.41. The van der Waals surface area contributed by atoms with Crippen LogP contribution in [0.2, 0.25) is 0 Å². The highest BCUT2D eigenvalue weighted by molar-refractivity contribution is 7.13. The molecule has 25 heavy (non-hydrogen) atoms. The summed E-state index contributed by atoms with van der Waals surface area (Å²) in [4.78, 5) is 21.1. The fourth-order valence-corrected chi connectivity index (χ4v) is 3.64. The number of amides is 1. The van der Waals surface area contributed by atoms with Crippen LogP contribution in [0.15, 0.2) is 41.9 Å². The number of aryl methyl sites for hydroxylation is 1. The van der Waals surface area contributed by atoms with E-state index in [2.05, 4.69) is 27.0 Å². The molecule has 1 aromatic carbocycles. The molecule has 7 heteroatoms. The fourth-order valence-electron chi connectivity index (χ4n) is 2.95. The lowest BCUT2D eigenvalue weighted by Crippen LogP contribution is -2.48. The van der Waals surface area contributed by atoms with Gasteiger partial charge in [0, 0.05) is 43.3 Å². The van der Waals surface area contributed by atoms with Gasteiger partial charge in [0.05, 0.1) is 5.69 Å². The molecule has 2 aromatic heterocycles. The quantitative estimate of drug-likeness (QED) is 0.786. The van der Waals surface area contributed by atoms with Crippen LogP contribution in [0, 0.1) is 6.92 Å². The Morgan fingerprint density at radius 2 is 1.92 bits per heavy atom. The maximum atomic E-state index is 12.7. The van der Waals surface area contributed by atoms with Crippen LogP contribution in [0.1, 0.15) is 16.1 Å². The maximum absolute atomic E-state index is 12.7. The molecule has 3 aromatic rings. The minimum absolute atomic E-state index is 0.00431. The number of carbonyl (C=O) groups excluding carboxylic acids is 1. The van der Waals surface area contributed by atoms with Crippen molar-refractivity contribution in [1.82, 2.24) is 20.1 Å². The summed E-state index contributed by atoms with van der Waals surface area (Å²) in [7, 11) is 0. The van der Waals surface area contributed by atoms with Gasteiger partial charge < -0.3 is 9.80 Å². The van der Waals surface area contributed by atoms with Crippen LogP contribution in [0.4, 0.5) is 5.13 Å². The lowest BCUT2D eigenvalue weighted by atomic mass is 10.1. The topological polar surface area (TPSA) is 65.1 Å². The van der Waals surface area contributed by atoms with Crippen molar-refractivity contribution in [3.8, 4) is 11.3 Å². The number of hydrogen-bond acceptors (Lipinski definition) is 5. The van der Waals surface area contributed by atoms with Gasteiger partial charge in [0.2, 0.25) is 0 Å². The standard InChI is InChI=1S/C18H19N5OS/c1-13-2-4-14(5-3-13)15-12-16(21-20-15)17(24)22-7-9-23(10-8-22)18-19-6-11-25-18/h2-6,11-12H,7-10H2,1H3,(H,20,21). The number of H-pyrrole nitrogens is 1. The molecule has 1 amide bonds. The molecule has 1 fully saturated rings. The third kappa shape index (κ3) is 3.28. The smallest absolute Gasteiger partial charge is 0.272 e. The zero-order chi connectivity index (χ0) is 17.2. The van der Waals surface area contributed by atoms with Crippen LogP contribution in [0.5, 0.6) is 0 Å². The molecule has 0 bridgehead atoms. The SMILES string of the molecule is Cc1ccc(-c2cc(C(=O)N3CCN(c4nccs4)CC3)[nH]n2)cc1. The highest BCUT2D eigenvalue weighted by Gasteiger charge is 2.24. The van der Waals surface area contributed by atoms with E-state index in [-0.39, 0.29) is 5.91 Å². The minimum atomic E-state index is 0.00431. The van der Waals surface area contributed by atoms with Crippen molar-refractivity contribution >= 4 is 22.4 Å². The van der Waals surface area contributed by atoms with Gasteiger partial charge in [0.15, 0.2) is 5.13 Å². The second-order valence-corrected chi connectivity index (χ2v) is 7.00. The van der Waals surface area contributed by atoms with Crippen molar-refractivity contribution in [2.24, 2.45) is 0 Å². The van der Waals surface area contributed by atoms with Crippen molar-refractivity contribution in [2.45, 2.75) is 6.92 Å². The summed E-state index contributed by atoms with van der Waals surface area (Å²) in [6, 6.07) is 9.96. The molecule has 1 saturated heterocycles. The van der Waals surface area contributed by atoms with Crippen molar-refractivity contribution in [2.75, 3.05) is 31.1 Å². The van der Waals surface area contributed by atoms with E-state index in [1.807, 2.05) is 46.8 Å². The normalized spacial score (nSPS) is 14.8. The number of nitrogens with zero attached hydrogens (tertiary/aromatic N) is 4. The molecule has 1 N–H and O–H groups in total. The first-order valence-electron chi connectivity index (χ1n) is 8.27. The van der Waals surface area contributed by atoms with E-state index in [0.717, 1.165) is 29.5 Å². The Labute approximate surface area is 150 Å². The van der Waals surface area contributed by atoms with Gasteiger partial charge in [-0.2, -0.15) is 5.10 Å². The fraction of sp³-hybridized carbons (Fsp3) is 0.278. The van der Waals surface area contributed by atoms with E-state index < -0.39 is 0 Å². The largest absolute Gasteiger partial charge is 0.345 e. The Bertz CT molecular complexity index is 848. The maximum Gasteiger partial charge on any atom is 0.272 e. The summed E-state index contributed by atoms with van der Waals surface area (Å²) in [5.74, 6) is 0.00431. The van der Waals surface area contributed by atoms with Gasteiger partial charge in [-0.1, -0.05) is 29.8 Å². The van der Waals surface area contributed by atoms with Gasteiger partial charge in [-0.05, 0) is 13.0 Å². The van der Waals surface area contributed by atoms with Crippen molar-refractivity contribution in [1.29, 1.82) is 0 Å². The number of aromatic nitrogens is 3. The van der Waals surface area contributed by atoms with Crippen LogP contribution in [-0.2, 0) is 0 Å². The molecule has 1 aliphatic rings. The molecular formula is C18H19N5OS. The summed E-state index contributed by atoms with van der Waals surface area (Å²) in [6.45, 7) is 5.04. The zero-order valence-electron chi connectivity index (χ0n) is 14.0. The Kier molecular flexibility index (Phi) is 4.23. The second kappa shape index (κ2) is 6.68. The van der Waals surface area contributed by atoms with E-state index in [1.54, 1.807) is 11.3 Å². The van der Waals surface area contributed by atoms with Crippen molar-refractivity contribution in [3.63, 3.8) is 0 Å². The average molecular weight is 353 g/mol. The van der Waals surface area contributed by atoms with Crippen molar-refractivity contribution < 1.29 is 4.79 Å². The Morgan fingerprint density at radius 3 is 2.60 bits per heavy atom. The van der Waals surface area contributed by atoms with Gasteiger partial charge in [-0.3, -0.25) is 9.89 Å². The number of hydrogen-bond donors (Lipinski definition) is 1. The van der Waals surface area contributed by atoms with E-state index >= 15 is 0 Å². The zero-order valence-corrected chi connectivity index (χ0v) is 14.8. The Morgan fingerprint density at radius 1 is 1.16 bits per heavy atom. The molecule has 128 valence electrons. The number of nitrogens with one attached hydrogen (secondary N) is 1. The lowest BCUT2D eigenvalue weighted by molar-refractivity contribution is 0.0741. The van der Waals surface area contributed by atoms with Crippen LogP contribution in [0.3, 0.4) is 0 Å². The predicted octanol–water partition coefficient (Wildman–Crippen LogP) is 2.80. The van der Waals surface area contributed by atoms with E-state index in [1.165, 1.54) is 5.56 Å². The van der Waals surface area contributed by atoms with Crippen LogP contribution >= 0.6 is 11.3 Å². The second-order valence-electron chi connectivity index (χ2n) is 6.13. The van der Waals surface area contributed by atoms with Crippen LogP contribution in [0.25, 0.3) is 11.3 Å². The minimum Gasteiger partial charge on any atom is -0.345 e. The molecule has 0 spiro atoms. The van der Waals surface area contributed by atoms with Gasteiger partial charge in [-0.25, -0.2) is 4.98 Å². The summed E-state index contributed by atoms with van der Waals surface area (Å²) in [6.07, 6.45) is 1.81. The molecule has 0 unspecified atom stereocenters. The first-order valence-corrected chi connectivity index (χ1v) is 9.15. The molecule has 0 saturated carbocycles. The number of piperazine rings is 1. The molecule has 0 radical (unpaired) electrons. The van der Waals surface area contributed by atoms with E-state index in [4.69, 9.17) is 0 Å². The van der Waals surface area contributed by atoms with Crippen molar-refractivity contribution in [3.05, 3.63) is 53.2 Å². The van der Waals surface area contributed by atoms with Crippen LogP contribution < -0.4 is 4.90 Å². The molecule has 6 nitrogen and oxygen atoms in total. The molecule has 0 atom stereocenters. The molecule has 0 aliphatic carbocycles. The number of anilines is 1. The lowest BCUT2D eigenvalue weighted by Gasteiger charge is -2.34. The number of aromatic amines is 1. The van der Waals surface area contributed by atoms with Gasteiger partial charge in [-0.15, -0.1) is 11.3 Å². The summed E-state index contributed by atoms with van der Waals surface area (Å²) >= 11 is 1.63.